The molecule has 2 aromatic rings. The van der Waals surface area contributed by atoms with Gasteiger partial charge in [-0.05, 0) is 22.8 Å². The largest absolute Gasteiger partial charge is 0.288 e. The maximum Gasteiger partial charge on any atom is 0.280 e. The summed E-state index contributed by atoms with van der Waals surface area (Å²) in [5.41, 5.74) is -0.862. The predicted octanol–water partition coefficient (Wildman–Crippen LogP) is 1.11. The first-order valence-corrected chi connectivity index (χ1v) is 7.75. The third-order valence-electron chi connectivity index (χ3n) is 4.09. The summed E-state index contributed by atoms with van der Waals surface area (Å²) >= 11 is 6.19. The van der Waals surface area contributed by atoms with Gasteiger partial charge in [0.25, 0.3) is 11.5 Å². The van der Waals surface area contributed by atoms with Gasteiger partial charge in [0.05, 0.1) is 5.02 Å². The zero-order valence-corrected chi connectivity index (χ0v) is 14.1. The van der Waals surface area contributed by atoms with E-state index in [1.165, 1.54) is 18.8 Å². The van der Waals surface area contributed by atoms with Crippen molar-refractivity contribution in [3.05, 3.63) is 26.6 Å². The molecular formula is C13H14ClF2N7O2. The first kappa shape index (κ1) is 17.4. The summed E-state index contributed by atoms with van der Waals surface area (Å²) in [5.74, 6) is -4.28. The Morgan fingerprint density at radius 1 is 1.36 bits per heavy atom. The van der Waals surface area contributed by atoms with Gasteiger partial charge in [-0.1, -0.05) is 16.7 Å². The molecule has 12 heteroatoms. The smallest absolute Gasteiger partial charge is 0.280 e. The predicted molar refractivity (Wildman–Crippen MR) is 82.8 cm³/mol. The fourth-order valence-electron chi connectivity index (χ4n) is 2.83. The van der Waals surface area contributed by atoms with Crippen LogP contribution in [0.3, 0.4) is 0 Å². The van der Waals surface area contributed by atoms with Crippen LogP contribution >= 0.6 is 11.6 Å². The van der Waals surface area contributed by atoms with E-state index < -0.39 is 29.7 Å². The number of nitrogens with one attached hydrogen (secondary N) is 1. The summed E-state index contributed by atoms with van der Waals surface area (Å²) in [4.78, 5) is 24.7. The highest BCUT2D eigenvalue weighted by Crippen LogP contribution is 2.45. The summed E-state index contributed by atoms with van der Waals surface area (Å²) in [5, 5.41) is 16.6. The number of halogens is 3. The fourth-order valence-corrected chi connectivity index (χ4v) is 3.19. The number of tetrazole rings is 1. The number of anilines is 1. The molecule has 1 aliphatic carbocycles. The number of rotatable bonds is 3. The molecule has 1 fully saturated rings. The number of nitrogens with zero attached hydrogens (tertiary/aromatic N) is 6. The molecule has 1 aliphatic rings. The van der Waals surface area contributed by atoms with Crippen LogP contribution in [0.1, 0.15) is 41.2 Å². The summed E-state index contributed by atoms with van der Waals surface area (Å²) in [7, 11) is 2.84. The maximum absolute atomic E-state index is 13.5. The number of aromatic nitrogens is 6. The lowest BCUT2D eigenvalue weighted by atomic mass is 9.98. The normalized spacial score (nSPS) is 19.2. The Bertz CT molecular complexity index is 895. The lowest BCUT2D eigenvalue weighted by Crippen LogP contribution is -2.30. The van der Waals surface area contributed by atoms with Crippen LogP contribution in [0.15, 0.2) is 4.79 Å². The monoisotopic (exact) mass is 373 g/mol. The van der Waals surface area contributed by atoms with Gasteiger partial charge in [-0.25, -0.2) is 18.1 Å². The molecule has 2 aromatic heterocycles. The van der Waals surface area contributed by atoms with Crippen LogP contribution in [-0.2, 0) is 14.1 Å². The van der Waals surface area contributed by atoms with E-state index in [0.717, 1.165) is 4.68 Å². The Kier molecular flexibility index (Phi) is 4.27. The third-order valence-corrected chi connectivity index (χ3v) is 4.47. The second-order valence-electron chi connectivity index (χ2n) is 5.88. The van der Waals surface area contributed by atoms with Gasteiger partial charge in [-0.2, -0.15) is 5.10 Å². The minimum absolute atomic E-state index is 0.0161. The van der Waals surface area contributed by atoms with Crippen molar-refractivity contribution in [1.82, 2.24) is 30.0 Å². The van der Waals surface area contributed by atoms with E-state index in [4.69, 9.17) is 11.6 Å². The van der Waals surface area contributed by atoms with Crippen molar-refractivity contribution in [3.8, 4) is 0 Å². The average molecular weight is 374 g/mol. The molecule has 0 aliphatic heterocycles. The lowest BCUT2D eigenvalue weighted by molar-refractivity contribution is 0.00772. The molecular weight excluding hydrogens is 360 g/mol. The number of amides is 1. The highest BCUT2D eigenvalue weighted by molar-refractivity contribution is 6.34. The van der Waals surface area contributed by atoms with Crippen LogP contribution in [0, 0.1) is 0 Å². The van der Waals surface area contributed by atoms with Gasteiger partial charge in [0.1, 0.15) is 0 Å². The molecule has 1 saturated carbocycles. The van der Waals surface area contributed by atoms with E-state index in [-0.39, 0.29) is 35.1 Å². The van der Waals surface area contributed by atoms with Crippen molar-refractivity contribution in [1.29, 1.82) is 0 Å². The van der Waals surface area contributed by atoms with E-state index in [1.807, 2.05) is 0 Å². The van der Waals surface area contributed by atoms with Crippen LogP contribution in [0.25, 0.3) is 0 Å². The zero-order valence-electron chi connectivity index (χ0n) is 13.3. The standard InChI is InChI=1S/C13H14ClF2N7O2/c1-22-11(25)7(6-3-4-13(15,16)5-6)8(14)9(19-22)10(24)17-12-18-20-21-23(12)2/h6H,3-5H2,1-2H3,(H,17,18,21,24). The van der Waals surface area contributed by atoms with E-state index in [0.29, 0.717) is 0 Å². The van der Waals surface area contributed by atoms with Crippen molar-refractivity contribution in [2.75, 3.05) is 5.32 Å². The molecule has 0 saturated heterocycles. The van der Waals surface area contributed by atoms with Crippen molar-refractivity contribution < 1.29 is 13.6 Å². The van der Waals surface area contributed by atoms with Gasteiger partial charge in [0.15, 0.2) is 5.69 Å². The summed E-state index contributed by atoms with van der Waals surface area (Å²) < 4.78 is 29.2. The number of carbonyl (C=O) groups excluding carboxylic acids is 1. The molecule has 3 rings (SSSR count). The number of carbonyl (C=O) groups is 1. The quantitative estimate of drug-likeness (QED) is 0.863. The number of alkyl halides is 2. The lowest BCUT2D eigenvalue weighted by Gasteiger charge is -2.15. The highest BCUT2D eigenvalue weighted by Gasteiger charge is 2.42. The Labute approximate surface area is 145 Å². The molecule has 2 heterocycles. The van der Waals surface area contributed by atoms with Gasteiger partial charge < -0.3 is 0 Å². The number of aryl methyl sites for hydroxylation is 2. The Hall–Kier alpha value is -2.43. The van der Waals surface area contributed by atoms with Crippen molar-refractivity contribution in [2.45, 2.75) is 31.1 Å². The summed E-state index contributed by atoms with van der Waals surface area (Å²) in [6.07, 6.45) is -0.702. The van der Waals surface area contributed by atoms with E-state index in [9.17, 15) is 18.4 Å². The summed E-state index contributed by atoms with van der Waals surface area (Å²) in [6.45, 7) is 0. The van der Waals surface area contributed by atoms with E-state index in [2.05, 4.69) is 25.9 Å². The van der Waals surface area contributed by atoms with Crippen molar-refractivity contribution in [3.63, 3.8) is 0 Å². The first-order valence-electron chi connectivity index (χ1n) is 7.38. The molecule has 25 heavy (non-hydrogen) atoms. The molecule has 0 radical (unpaired) electrons. The molecule has 0 bridgehead atoms. The Morgan fingerprint density at radius 3 is 2.64 bits per heavy atom. The maximum atomic E-state index is 13.5. The highest BCUT2D eigenvalue weighted by atomic mass is 35.5. The Morgan fingerprint density at radius 2 is 2.08 bits per heavy atom. The van der Waals surface area contributed by atoms with Gasteiger partial charge in [-0.15, -0.1) is 0 Å². The molecule has 0 aromatic carbocycles. The third kappa shape index (κ3) is 3.23. The molecule has 134 valence electrons. The second-order valence-corrected chi connectivity index (χ2v) is 6.26. The number of hydrogen-bond donors (Lipinski definition) is 1. The van der Waals surface area contributed by atoms with Gasteiger partial charge in [-0.3, -0.25) is 14.9 Å². The second kappa shape index (κ2) is 6.14. The molecule has 1 unspecified atom stereocenters. The molecule has 0 spiro atoms. The number of hydrogen-bond acceptors (Lipinski definition) is 6. The molecule has 9 nitrogen and oxygen atoms in total. The van der Waals surface area contributed by atoms with E-state index in [1.54, 1.807) is 0 Å². The fraction of sp³-hybridized carbons (Fsp3) is 0.538. The van der Waals surface area contributed by atoms with Gasteiger partial charge in [0.2, 0.25) is 11.9 Å². The molecule has 1 atom stereocenters. The van der Waals surface area contributed by atoms with Crippen LogP contribution in [-0.4, -0.2) is 41.8 Å². The molecule has 1 N–H and O–H groups in total. The van der Waals surface area contributed by atoms with Crippen LogP contribution in [0.5, 0.6) is 0 Å². The van der Waals surface area contributed by atoms with Crippen molar-refractivity contribution >= 4 is 23.5 Å². The topological polar surface area (TPSA) is 108 Å². The van der Waals surface area contributed by atoms with Crippen molar-refractivity contribution in [2.24, 2.45) is 14.1 Å². The average Bonchev–Trinajstić information content (AvgIpc) is 3.09. The minimum Gasteiger partial charge on any atom is -0.288 e. The van der Waals surface area contributed by atoms with Crippen LogP contribution in [0.2, 0.25) is 5.02 Å². The minimum atomic E-state index is -2.85. The van der Waals surface area contributed by atoms with Gasteiger partial charge >= 0.3 is 0 Å². The zero-order chi connectivity index (χ0) is 18.4. The van der Waals surface area contributed by atoms with Crippen LogP contribution in [0.4, 0.5) is 14.7 Å². The molecule has 1 amide bonds. The van der Waals surface area contributed by atoms with Gasteiger partial charge in [0, 0.05) is 32.5 Å². The Balaban J connectivity index is 2.00. The first-order chi connectivity index (χ1) is 11.7. The van der Waals surface area contributed by atoms with Crippen LogP contribution < -0.4 is 10.9 Å². The SMILES string of the molecule is Cn1nnnc1NC(=O)c1nn(C)c(=O)c(C2CCC(F)(F)C2)c1Cl. The summed E-state index contributed by atoms with van der Waals surface area (Å²) in [6, 6.07) is 0. The van der Waals surface area contributed by atoms with E-state index >= 15 is 0 Å².